The number of esters is 1. The number of rotatable bonds is 6. The Bertz CT molecular complexity index is 1110. The Morgan fingerprint density at radius 2 is 1.84 bits per heavy atom. The highest BCUT2D eigenvalue weighted by Gasteiger charge is 2.31. The number of ether oxygens (including phenoxy) is 1. The van der Waals surface area contributed by atoms with Crippen LogP contribution in [0.3, 0.4) is 0 Å². The molecule has 12 heteroatoms. The van der Waals surface area contributed by atoms with Crippen LogP contribution in [-0.4, -0.2) is 27.5 Å². The molecule has 0 bridgehead atoms. The number of nitrogens with zero attached hydrogens (tertiary/aromatic N) is 3. The van der Waals surface area contributed by atoms with Gasteiger partial charge >= 0.3 is 12.1 Å². The fourth-order valence-electron chi connectivity index (χ4n) is 2.47. The normalized spacial score (nSPS) is 11.1. The lowest BCUT2D eigenvalue weighted by atomic mass is 10.2. The minimum Gasteiger partial charge on any atom is -0.462 e. The lowest BCUT2D eigenvalue weighted by Crippen LogP contribution is -2.09. The third-order valence-electron chi connectivity index (χ3n) is 3.93. The Kier molecular flexibility index (Phi) is 6.44. The maximum atomic E-state index is 12.8. The van der Waals surface area contributed by atoms with Gasteiger partial charge in [0.1, 0.15) is 17.8 Å². The Morgan fingerprint density at radius 1 is 1.13 bits per heavy atom. The van der Waals surface area contributed by atoms with Gasteiger partial charge in [0.15, 0.2) is 11.6 Å². The summed E-state index contributed by atoms with van der Waals surface area (Å²) >= 11 is 5.91. The van der Waals surface area contributed by atoms with Crippen molar-refractivity contribution in [2.45, 2.75) is 13.1 Å². The van der Waals surface area contributed by atoms with Crippen molar-refractivity contribution in [3.05, 3.63) is 59.0 Å². The predicted octanol–water partition coefficient (Wildman–Crippen LogP) is 4.79. The summed E-state index contributed by atoms with van der Waals surface area (Å²) in [6.07, 6.45) is -2.74. The van der Waals surface area contributed by atoms with Gasteiger partial charge in [0, 0.05) is 11.9 Å². The van der Waals surface area contributed by atoms with Crippen LogP contribution in [0.15, 0.2) is 42.9 Å². The fourth-order valence-corrected chi connectivity index (χ4v) is 2.68. The summed E-state index contributed by atoms with van der Waals surface area (Å²) in [5.41, 5.74) is 5.99. The van der Waals surface area contributed by atoms with E-state index in [1.165, 1.54) is 6.33 Å². The van der Waals surface area contributed by atoms with Crippen LogP contribution in [0.2, 0.25) is 5.02 Å². The van der Waals surface area contributed by atoms with Crippen molar-refractivity contribution < 1.29 is 22.7 Å². The molecule has 0 amide bonds. The number of alkyl halides is 3. The molecule has 0 aliphatic heterocycles. The number of hydrogen-bond donors (Lipinski definition) is 3. The van der Waals surface area contributed by atoms with Gasteiger partial charge in [-0.2, -0.15) is 13.2 Å². The Labute approximate surface area is 179 Å². The van der Waals surface area contributed by atoms with E-state index >= 15 is 0 Å². The van der Waals surface area contributed by atoms with E-state index in [0.717, 1.165) is 6.07 Å². The molecule has 0 unspecified atom stereocenters. The van der Waals surface area contributed by atoms with Gasteiger partial charge in [-0.15, -0.1) is 0 Å². The third kappa shape index (κ3) is 5.31. The van der Waals surface area contributed by atoms with Crippen LogP contribution < -0.4 is 16.4 Å². The molecule has 0 radical (unpaired) electrons. The van der Waals surface area contributed by atoms with Gasteiger partial charge in [-0.3, -0.25) is 0 Å². The topological polar surface area (TPSA) is 115 Å². The zero-order valence-electron chi connectivity index (χ0n) is 16.0. The molecule has 0 aliphatic rings. The third-order valence-corrected chi connectivity index (χ3v) is 4.21. The highest BCUT2D eigenvalue weighted by molar-refractivity contribution is 6.33. The van der Waals surface area contributed by atoms with E-state index in [9.17, 15) is 18.0 Å². The number of nitrogens with one attached hydrogen (secondary N) is 2. The van der Waals surface area contributed by atoms with Gasteiger partial charge in [-0.25, -0.2) is 19.7 Å². The zero-order valence-corrected chi connectivity index (χ0v) is 16.8. The monoisotopic (exact) mass is 452 g/mol. The SMILES string of the molecule is CCOC(=O)c1cccc(Nc2ncnc(Nc3ncc(C(F)(F)F)cc3Cl)c2N)c1. The second-order valence-corrected chi connectivity index (χ2v) is 6.50. The number of aromatic nitrogens is 3. The number of hydrogen-bond acceptors (Lipinski definition) is 8. The van der Waals surface area contributed by atoms with Crippen molar-refractivity contribution in [3.8, 4) is 0 Å². The molecule has 31 heavy (non-hydrogen) atoms. The van der Waals surface area contributed by atoms with Gasteiger partial charge < -0.3 is 21.1 Å². The number of halogens is 4. The standard InChI is InChI=1S/C19H16ClF3N6O2/c1-2-31-18(30)10-4-3-5-12(6-10)28-16-14(24)17(27-9-26-16)29-15-13(20)7-11(8-25-15)19(21,22)23/h3-9H,2,24H2,1H3,(H2,25,26,27,28,29). The maximum Gasteiger partial charge on any atom is 0.417 e. The van der Waals surface area contributed by atoms with Gasteiger partial charge in [0.25, 0.3) is 0 Å². The van der Waals surface area contributed by atoms with Crippen LogP contribution in [0, 0.1) is 0 Å². The molecule has 162 valence electrons. The quantitative estimate of drug-likeness (QED) is 0.457. The molecule has 0 atom stereocenters. The second-order valence-electron chi connectivity index (χ2n) is 6.09. The summed E-state index contributed by atoms with van der Waals surface area (Å²) in [5.74, 6) is -0.266. The minimum absolute atomic E-state index is 0.0572. The first-order valence-electron chi connectivity index (χ1n) is 8.83. The van der Waals surface area contributed by atoms with Crippen LogP contribution >= 0.6 is 11.6 Å². The van der Waals surface area contributed by atoms with E-state index in [0.29, 0.717) is 17.4 Å². The fraction of sp³-hybridized carbons (Fsp3) is 0.158. The summed E-state index contributed by atoms with van der Waals surface area (Å²) < 4.78 is 43.3. The van der Waals surface area contributed by atoms with E-state index in [2.05, 4.69) is 25.6 Å². The first-order valence-corrected chi connectivity index (χ1v) is 9.21. The summed E-state index contributed by atoms with van der Waals surface area (Å²) in [4.78, 5) is 23.6. The molecule has 8 nitrogen and oxygen atoms in total. The Hall–Kier alpha value is -3.60. The van der Waals surface area contributed by atoms with Gasteiger partial charge in [0.2, 0.25) is 0 Å². The van der Waals surface area contributed by atoms with Crippen molar-refractivity contribution in [1.82, 2.24) is 15.0 Å². The van der Waals surface area contributed by atoms with E-state index in [1.807, 2.05) is 0 Å². The Balaban J connectivity index is 1.83. The smallest absolute Gasteiger partial charge is 0.417 e. The number of benzene rings is 1. The van der Waals surface area contributed by atoms with Gasteiger partial charge in [-0.05, 0) is 31.2 Å². The molecule has 1 aromatic carbocycles. The molecule has 2 aromatic heterocycles. The van der Waals surface area contributed by atoms with E-state index in [1.54, 1.807) is 31.2 Å². The van der Waals surface area contributed by atoms with Crippen LogP contribution in [0.4, 0.5) is 42.0 Å². The van der Waals surface area contributed by atoms with Gasteiger partial charge in [0.05, 0.1) is 22.8 Å². The molecule has 0 aliphatic carbocycles. The van der Waals surface area contributed by atoms with E-state index in [4.69, 9.17) is 22.1 Å². The number of carbonyl (C=O) groups excluding carboxylic acids is 1. The molecule has 0 fully saturated rings. The second kappa shape index (κ2) is 9.04. The largest absolute Gasteiger partial charge is 0.462 e. The van der Waals surface area contributed by atoms with Crippen LogP contribution in [-0.2, 0) is 10.9 Å². The lowest BCUT2D eigenvalue weighted by molar-refractivity contribution is -0.137. The first-order chi connectivity index (χ1) is 14.7. The summed E-state index contributed by atoms with van der Waals surface area (Å²) in [7, 11) is 0. The van der Waals surface area contributed by atoms with Crippen LogP contribution in [0.25, 0.3) is 0 Å². The lowest BCUT2D eigenvalue weighted by Gasteiger charge is -2.14. The number of nitrogen functional groups attached to an aromatic ring is 1. The van der Waals surface area contributed by atoms with Crippen molar-refractivity contribution in [3.63, 3.8) is 0 Å². The van der Waals surface area contributed by atoms with Crippen molar-refractivity contribution in [2.24, 2.45) is 0 Å². The molecule has 3 rings (SSSR count). The number of carbonyl (C=O) groups is 1. The van der Waals surface area contributed by atoms with E-state index < -0.39 is 17.7 Å². The molecule has 2 heterocycles. The molecular weight excluding hydrogens is 437 g/mol. The highest BCUT2D eigenvalue weighted by atomic mass is 35.5. The van der Waals surface area contributed by atoms with Crippen molar-refractivity contribution in [1.29, 1.82) is 0 Å². The highest BCUT2D eigenvalue weighted by Crippen LogP contribution is 2.34. The zero-order chi connectivity index (χ0) is 22.6. The summed E-state index contributed by atoms with van der Waals surface area (Å²) in [6, 6.07) is 7.23. The van der Waals surface area contributed by atoms with Crippen LogP contribution in [0.1, 0.15) is 22.8 Å². The van der Waals surface area contributed by atoms with Crippen molar-refractivity contribution >= 4 is 46.4 Å². The van der Waals surface area contributed by atoms with E-state index in [-0.39, 0.29) is 34.8 Å². The molecule has 4 N–H and O–H groups in total. The maximum absolute atomic E-state index is 12.8. The molecule has 0 spiro atoms. The molecular formula is C19H16ClF3N6O2. The average Bonchev–Trinajstić information content (AvgIpc) is 2.72. The van der Waals surface area contributed by atoms with Crippen LogP contribution in [0.5, 0.6) is 0 Å². The summed E-state index contributed by atoms with van der Waals surface area (Å²) in [5, 5.41) is 5.38. The number of pyridine rings is 1. The van der Waals surface area contributed by atoms with Crippen molar-refractivity contribution in [2.75, 3.05) is 23.0 Å². The minimum atomic E-state index is -4.57. The predicted molar refractivity (Wildman–Crippen MR) is 110 cm³/mol. The van der Waals surface area contributed by atoms with Gasteiger partial charge in [-0.1, -0.05) is 17.7 Å². The first kappa shape index (κ1) is 22.1. The molecule has 3 aromatic rings. The number of nitrogens with two attached hydrogens (primary N) is 1. The molecule has 0 saturated heterocycles. The molecule has 0 saturated carbocycles. The number of anilines is 5. The average molecular weight is 453 g/mol. The summed E-state index contributed by atoms with van der Waals surface area (Å²) in [6.45, 7) is 1.94. The Morgan fingerprint density at radius 3 is 2.48 bits per heavy atom.